The summed E-state index contributed by atoms with van der Waals surface area (Å²) in [5.74, 6) is 0. The minimum absolute atomic E-state index is 0.0199. The average molecular weight is 520 g/mol. The van der Waals surface area contributed by atoms with Gasteiger partial charge in [-0.3, -0.25) is 19.2 Å². The summed E-state index contributed by atoms with van der Waals surface area (Å²) in [7, 11) is 0. The maximum absolute atomic E-state index is 11.2. The molecule has 12 atom stereocenters. The van der Waals surface area contributed by atoms with Crippen LogP contribution < -0.4 is 0 Å². The summed E-state index contributed by atoms with van der Waals surface area (Å²) in [4.78, 5) is 43.9. The van der Waals surface area contributed by atoms with E-state index < -0.39 is 73.8 Å². The zero-order chi connectivity index (χ0) is 26.2. The second kappa shape index (κ2) is 13.3. The molecular formula is C22H32O14. The van der Waals surface area contributed by atoms with Gasteiger partial charge < -0.3 is 47.7 Å². The number of ether oxygens (including phenoxy) is 9. The Labute approximate surface area is 207 Å². The van der Waals surface area contributed by atoms with E-state index in [-0.39, 0.29) is 45.2 Å². The second-order valence-electron chi connectivity index (χ2n) is 8.76. The molecular weight excluding hydrogens is 488 g/mol. The lowest BCUT2D eigenvalue weighted by Crippen LogP contribution is -2.57. The van der Waals surface area contributed by atoms with Crippen molar-refractivity contribution in [2.24, 2.45) is 0 Å². The van der Waals surface area contributed by atoms with E-state index in [4.69, 9.17) is 42.6 Å². The van der Waals surface area contributed by atoms with E-state index in [1.807, 2.05) is 0 Å². The number of carbonyl (C=O) groups is 4. The van der Waals surface area contributed by atoms with Gasteiger partial charge in [-0.05, 0) is 20.8 Å². The summed E-state index contributed by atoms with van der Waals surface area (Å²) in [6.07, 6.45) is -9.38. The van der Waals surface area contributed by atoms with Gasteiger partial charge in [-0.2, -0.15) is 0 Å². The highest BCUT2D eigenvalue weighted by Crippen LogP contribution is 2.33. The number of aliphatic hydroxyl groups excluding tert-OH is 1. The van der Waals surface area contributed by atoms with Crippen LogP contribution in [0.1, 0.15) is 40.0 Å². The molecule has 0 bridgehead atoms. The van der Waals surface area contributed by atoms with E-state index in [0.29, 0.717) is 0 Å². The first-order chi connectivity index (χ1) is 17.3. The van der Waals surface area contributed by atoms with Crippen molar-refractivity contribution in [1.82, 2.24) is 0 Å². The van der Waals surface area contributed by atoms with Crippen LogP contribution in [-0.2, 0) is 61.8 Å². The lowest BCUT2D eigenvalue weighted by Gasteiger charge is -2.45. The summed E-state index contributed by atoms with van der Waals surface area (Å²) >= 11 is 0. The normalized spacial score (nSPS) is 43.0. The van der Waals surface area contributed by atoms with E-state index in [0.717, 1.165) is 0 Å². The fraction of sp³-hybridized carbons (Fsp3) is 0.818. The summed E-state index contributed by atoms with van der Waals surface area (Å²) in [6, 6.07) is 0. The molecule has 0 radical (unpaired) electrons. The highest BCUT2D eigenvalue weighted by Gasteiger charge is 2.47. The van der Waals surface area contributed by atoms with Gasteiger partial charge in [0.15, 0.2) is 25.0 Å². The van der Waals surface area contributed by atoms with E-state index >= 15 is 0 Å². The van der Waals surface area contributed by atoms with Crippen LogP contribution in [0.4, 0.5) is 0 Å². The minimum atomic E-state index is -1.11. The van der Waals surface area contributed by atoms with Crippen LogP contribution >= 0.6 is 0 Å². The number of aliphatic hydroxyl groups is 1. The van der Waals surface area contributed by atoms with Crippen molar-refractivity contribution in [3.8, 4) is 0 Å². The Kier molecular flexibility index (Phi) is 10.4. The predicted molar refractivity (Wildman–Crippen MR) is 113 cm³/mol. The minimum Gasteiger partial charge on any atom is -0.461 e. The molecule has 0 amide bonds. The molecule has 0 aromatic heterocycles. The molecule has 3 rings (SSSR count). The first kappa shape index (κ1) is 28.2. The van der Waals surface area contributed by atoms with Crippen molar-refractivity contribution >= 4 is 25.9 Å². The van der Waals surface area contributed by atoms with Crippen molar-refractivity contribution in [3.05, 3.63) is 0 Å². The van der Waals surface area contributed by atoms with Crippen LogP contribution in [0.2, 0.25) is 0 Å². The molecule has 3 fully saturated rings. The van der Waals surface area contributed by atoms with E-state index in [1.165, 1.54) is 0 Å². The smallest absolute Gasteiger partial charge is 0.293 e. The van der Waals surface area contributed by atoms with E-state index in [9.17, 15) is 24.3 Å². The molecule has 14 nitrogen and oxygen atoms in total. The number of hydrogen-bond donors (Lipinski definition) is 1. The summed E-state index contributed by atoms with van der Waals surface area (Å²) < 4.78 is 49.6. The van der Waals surface area contributed by atoms with Gasteiger partial charge in [0.1, 0.15) is 30.5 Å². The van der Waals surface area contributed by atoms with Crippen molar-refractivity contribution in [3.63, 3.8) is 0 Å². The van der Waals surface area contributed by atoms with Gasteiger partial charge in [-0.25, -0.2) is 0 Å². The monoisotopic (exact) mass is 520 g/mol. The van der Waals surface area contributed by atoms with Gasteiger partial charge in [0.05, 0.1) is 18.3 Å². The SMILES string of the molecule is C[C@H]1OC(O)C[C@H](OC=O)[C@@H]1O[C@H]1C[C@H](OC=O)[C@H](O[C@H]2C[C@H](OC=O)[C@H](OC=O)[C@@H](C)O2)[C@@H](C)O1. The Bertz CT molecular complexity index is 736. The van der Waals surface area contributed by atoms with Gasteiger partial charge in [0.25, 0.3) is 25.9 Å². The highest BCUT2D eigenvalue weighted by molar-refractivity contribution is 5.40. The molecule has 0 aromatic carbocycles. The third-order valence-corrected chi connectivity index (χ3v) is 6.40. The van der Waals surface area contributed by atoms with Crippen molar-refractivity contribution in [1.29, 1.82) is 0 Å². The first-order valence-electron chi connectivity index (χ1n) is 11.6. The number of hydrogen-bond acceptors (Lipinski definition) is 14. The Hall–Kier alpha value is -2.36. The van der Waals surface area contributed by atoms with Gasteiger partial charge in [-0.15, -0.1) is 0 Å². The third-order valence-electron chi connectivity index (χ3n) is 6.40. The van der Waals surface area contributed by atoms with Crippen LogP contribution in [0.5, 0.6) is 0 Å². The average Bonchev–Trinajstić information content (AvgIpc) is 2.81. The van der Waals surface area contributed by atoms with Gasteiger partial charge >= 0.3 is 0 Å². The Morgan fingerprint density at radius 1 is 0.583 bits per heavy atom. The molecule has 3 aliphatic rings. The molecule has 3 aliphatic heterocycles. The largest absolute Gasteiger partial charge is 0.461 e. The molecule has 0 saturated carbocycles. The zero-order valence-electron chi connectivity index (χ0n) is 20.1. The van der Waals surface area contributed by atoms with Crippen molar-refractivity contribution in [2.45, 2.75) is 114 Å². The van der Waals surface area contributed by atoms with Crippen molar-refractivity contribution in [2.75, 3.05) is 0 Å². The first-order valence-corrected chi connectivity index (χ1v) is 11.6. The number of carbonyl (C=O) groups excluding carboxylic acids is 4. The molecule has 0 aromatic rings. The molecule has 1 N–H and O–H groups in total. The molecule has 14 heteroatoms. The van der Waals surface area contributed by atoms with E-state index in [2.05, 4.69) is 0 Å². The summed E-state index contributed by atoms with van der Waals surface area (Å²) in [5.41, 5.74) is 0. The summed E-state index contributed by atoms with van der Waals surface area (Å²) in [5, 5.41) is 9.82. The standard InChI is InChI=1S/C22H32O14/c1-11-20(31-10-26)15(29-8-24)5-18(33-11)36-22-13(3)34-19(6-16(22)30-9-25)35-21-12(2)32-17(27)4-14(21)28-7-23/h7-22,27H,4-6H2,1-3H3/t11-,12-,13-,14+,15+,16+,17?,18+,19+,20-,21-,22-/m1/s1. The van der Waals surface area contributed by atoms with Crippen LogP contribution in [0.15, 0.2) is 0 Å². The molecule has 0 spiro atoms. The van der Waals surface area contributed by atoms with Gasteiger partial charge in [-0.1, -0.05) is 0 Å². The fourth-order valence-electron chi connectivity index (χ4n) is 4.81. The fourth-order valence-corrected chi connectivity index (χ4v) is 4.81. The van der Waals surface area contributed by atoms with E-state index in [1.54, 1.807) is 20.8 Å². The lowest BCUT2D eigenvalue weighted by atomic mass is 9.99. The molecule has 3 saturated heterocycles. The second-order valence-corrected chi connectivity index (χ2v) is 8.76. The van der Waals surface area contributed by atoms with Gasteiger partial charge in [0, 0.05) is 19.3 Å². The van der Waals surface area contributed by atoms with Crippen LogP contribution in [0, 0.1) is 0 Å². The molecule has 1 unspecified atom stereocenters. The molecule has 36 heavy (non-hydrogen) atoms. The molecule has 0 aliphatic carbocycles. The highest BCUT2D eigenvalue weighted by atomic mass is 16.7. The van der Waals surface area contributed by atoms with Crippen molar-refractivity contribution < 1.29 is 66.9 Å². The molecule has 204 valence electrons. The molecule has 3 heterocycles. The Morgan fingerprint density at radius 3 is 1.44 bits per heavy atom. The topological polar surface area (TPSA) is 172 Å². The van der Waals surface area contributed by atoms with Gasteiger partial charge in [0.2, 0.25) is 0 Å². The number of rotatable bonds is 12. The third kappa shape index (κ3) is 6.89. The van der Waals surface area contributed by atoms with Crippen LogP contribution in [-0.4, -0.2) is 105 Å². The lowest BCUT2D eigenvalue weighted by molar-refractivity contribution is -0.331. The summed E-state index contributed by atoms with van der Waals surface area (Å²) in [6.45, 7) is 6.05. The Balaban J connectivity index is 1.66. The van der Waals surface area contributed by atoms with Crippen LogP contribution in [0.3, 0.4) is 0 Å². The predicted octanol–water partition coefficient (Wildman–Crippen LogP) is -0.680. The quantitative estimate of drug-likeness (QED) is 0.253. The Morgan fingerprint density at radius 2 is 0.972 bits per heavy atom. The maximum atomic E-state index is 11.2. The van der Waals surface area contributed by atoms with Crippen LogP contribution in [0.25, 0.3) is 0 Å². The zero-order valence-corrected chi connectivity index (χ0v) is 20.1. The maximum Gasteiger partial charge on any atom is 0.293 e.